The Hall–Kier alpha value is -1.79. The molecule has 2 nitrogen and oxygen atoms in total. The summed E-state index contributed by atoms with van der Waals surface area (Å²) in [5.41, 5.74) is 2.21. The Morgan fingerprint density at radius 1 is 1.22 bits per heavy atom. The van der Waals surface area contributed by atoms with Gasteiger partial charge in [0.2, 0.25) is 0 Å². The predicted octanol–water partition coefficient (Wildman–Crippen LogP) is 4.30. The summed E-state index contributed by atoms with van der Waals surface area (Å²) in [6.45, 7) is 4.18. The zero-order valence-corrected chi connectivity index (χ0v) is 11.4. The molecule has 0 fully saturated rings. The normalized spacial score (nSPS) is 11.8. The Kier molecular flexibility index (Phi) is 4.01. The van der Waals surface area contributed by atoms with Crippen LogP contribution in [0.15, 0.2) is 36.4 Å². The van der Waals surface area contributed by atoms with Crippen molar-refractivity contribution < 1.29 is 0 Å². The molecule has 2 rings (SSSR count). The number of anilines is 1. The van der Waals surface area contributed by atoms with Crippen LogP contribution >= 0.6 is 11.3 Å². The zero-order valence-electron chi connectivity index (χ0n) is 10.6. The number of benzene rings is 1. The van der Waals surface area contributed by atoms with Gasteiger partial charge in [-0.1, -0.05) is 24.6 Å². The molecule has 1 unspecified atom stereocenters. The molecule has 1 aromatic heterocycles. The van der Waals surface area contributed by atoms with E-state index >= 15 is 0 Å². The van der Waals surface area contributed by atoms with Gasteiger partial charge in [0.1, 0.15) is 6.04 Å². The van der Waals surface area contributed by atoms with Gasteiger partial charge in [-0.3, -0.25) is 0 Å². The first kappa shape index (κ1) is 12.7. The molecule has 1 atom stereocenters. The number of rotatable bonds is 4. The first-order chi connectivity index (χ1) is 8.72. The predicted molar refractivity (Wildman–Crippen MR) is 76.9 cm³/mol. The molecule has 0 radical (unpaired) electrons. The van der Waals surface area contributed by atoms with Gasteiger partial charge in [-0.15, -0.1) is 11.3 Å². The fourth-order valence-electron chi connectivity index (χ4n) is 1.72. The van der Waals surface area contributed by atoms with Crippen LogP contribution in [0.3, 0.4) is 0 Å². The molecule has 1 heterocycles. The van der Waals surface area contributed by atoms with Gasteiger partial charge < -0.3 is 5.32 Å². The second-order valence-electron chi connectivity index (χ2n) is 4.23. The lowest BCUT2D eigenvalue weighted by molar-refractivity contribution is 1.03. The lowest BCUT2D eigenvalue weighted by Gasteiger charge is -2.11. The summed E-state index contributed by atoms with van der Waals surface area (Å²) in [5.74, 6) is 0. The minimum atomic E-state index is -0.266. The fraction of sp³-hybridized carbons (Fsp3) is 0.267. The maximum atomic E-state index is 9.27. The third-order valence-electron chi connectivity index (χ3n) is 2.81. The molecule has 0 bridgehead atoms. The van der Waals surface area contributed by atoms with E-state index < -0.39 is 0 Å². The van der Waals surface area contributed by atoms with E-state index in [4.69, 9.17) is 0 Å². The highest BCUT2D eigenvalue weighted by atomic mass is 32.1. The van der Waals surface area contributed by atoms with Gasteiger partial charge in [-0.25, -0.2) is 0 Å². The number of thiophene rings is 1. The molecule has 0 aliphatic heterocycles. The lowest BCUT2D eigenvalue weighted by atomic mass is 10.2. The molecule has 92 valence electrons. The Morgan fingerprint density at radius 3 is 2.50 bits per heavy atom. The summed E-state index contributed by atoms with van der Waals surface area (Å²) in [5, 5.41) is 12.5. The summed E-state index contributed by atoms with van der Waals surface area (Å²) in [6, 6.07) is 14.3. The van der Waals surface area contributed by atoms with E-state index in [2.05, 4.69) is 31.3 Å². The van der Waals surface area contributed by atoms with Crippen LogP contribution in [0.2, 0.25) is 0 Å². The lowest BCUT2D eigenvalue weighted by Crippen LogP contribution is -2.06. The van der Waals surface area contributed by atoms with Gasteiger partial charge in [-0.05, 0) is 37.6 Å². The number of aryl methyl sites for hydroxylation is 2. The van der Waals surface area contributed by atoms with Crippen molar-refractivity contribution in [1.82, 2.24) is 0 Å². The average molecular weight is 256 g/mol. The highest BCUT2D eigenvalue weighted by Gasteiger charge is 2.12. The Bertz CT molecular complexity index is 549. The van der Waals surface area contributed by atoms with Crippen molar-refractivity contribution in [3.8, 4) is 6.07 Å². The molecule has 0 saturated carbocycles. The van der Waals surface area contributed by atoms with E-state index in [0.29, 0.717) is 0 Å². The summed E-state index contributed by atoms with van der Waals surface area (Å²) in [6.07, 6.45) is 1.02. The van der Waals surface area contributed by atoms with Crippen molar-refractivity contribution in [3.63, 3.8) is 0 Å². The van der Waals surface area contributed by atoms with Crippen LogP contribution in [0.25, 0.3) is 0 Å². The molecule has 3 heteroatoms. The highest BCUT2D eigenvalue weighted by Crippen LogP contribution is 2.26. The number of nitrogens with one attached hydrogen (secondary N) is 1. The van der Waals surface area contributed by atoms with Crippen LogP contribution in [0, 0.1) is 18.3 Å². The summed E-state index contributed by atoms with van der Waals surface area (Å²) < 4.78 is 0. The molecule has 18 heavy (non-hydrogen) atoms. The molecule has 0 amide bonds. The first-order valence-electron chi connectivity index (χ1n) is 6.04. The fourth-order valence-corrected chi connectivity index (χ4v) is 2.67. The van der Waals surface area contributed by atoms with Gasteiger partial charge >= 0.3 is 0 Å². The van der Waals surface area contributed by atoms with Crippen molar-refractivity contribution in [2.75, 3.05) is 5.32 Å². The second-order valence-corrected chi connectivity index (χ2v) is 5.43. The molecule has 2 aromatic rings. The van der Waals surface area contributed by atoms with E-state index in [-0.39, 0.29) is 6.04 Å². The van der Waals surface area contributed by atoms with E-state index in [0.717, 1.165) is 17.0 Å². The minimum absolute atomic E-state index is 0.266. The zero-order chi connectivity index (χ0) is 13.0. The van der Waals surface area contributed by atoms with Gasteiger partial charge in [-0.2, -0.15) is 5.26 Å². The van der Waals surface area contributed by atoms with Gasteiger partial charge in [0.15, 0.2) is 0 Å². The van der Waals surface area contributed by atoms with Crippen LogP contribution in [0.1, 0.15) is 28.3 Å². The summed E-state index contributed by atoms with van der Waals surface area (Å²) in [7, 11) is 0. The quantitative estimate of drug-likeness (QED) is 0.885. The van der Waals surface area contributed by atoms with Gasteiger partial charge in [0, 0.05) is 15.4 Å². The molecular weight excluding hydrogens is 240 g/mol. The molecule has 0 aliphatic carbocycles. The summed E-state index contributed by atoms with van der Waals surface area (Å²) in [4.78, 5) is 2.39. The van der Waals surface area contributed by atoms with Crippen molar-refractivity contribution in [1.29, 1.82) is 5.26 Å². The number of hydrogen-bond acceptors (Lipinski definition) is 3. The molecule has 1 N–H and O–H groups in total. The highest BCUT2D eigenvalue weighted by molar-refractivity contribution is 7.12. The van der Waals surface area contributed by atoms with E-state index in [1.807, 2.05) is 30.3 Å². The molecule has 0 aliphatic rings. The average Bonchev–Trinajstić information content (AvgIpc) is 2.87. The Morgan fingerprint density at radius 2 is 1.94 bits per heavy atom. The van der Waals surface area contributed by atoms with Crippen molar-refractivity contribution in [2.45, 2.75) is 26.3 Å². The van der Waals surface area contributed by atoms with Crippen LogP contribution < -0.4 is 5.32 Å². The Labute approximate surface area is 112 Å². The van der Waals surface area contributed by atoms with E-state index in [1.54, 1.807) is 11.3 Å². The third-order valence-corrected chi connectivity index (χ3v) is 4.10. The standard InChI is InChI=1S/C15H16N2S/c1-3-13-8-9-15(18-13)14(10-16)17-12-6-4-11(2)5-7-12/h4-9,14,17H,3H2,1-2H3. The van der Waals surface area contributed by atoms with Crippen molar-refractivity contribution in [2.24, 2.45) is 0 Å². The molecule has 1 aromatic carbocycles. The van der Waals surface area contributed by atoms with E-state index in [1.165, 1.54) is 10.4 Å². The smallest absolute Gasteiger partial charge is 0.149 e. The van der Waals surface area contributed by atoms with Crippen molar-refractivity contribution in [3.05, 3.63) is 51.7 Å². The molecule has 0 saturated heterocycles. The molecule has 0 spiro atoms. The van der Waals surface area contributed by atoms with Gasteiger partial charge in [0.05, 0.1) is 6.07 Å². The maximum absolute atomic E-state index is 9.27. The molecular formula is C15H16N2S. The number of hydrogen-bond donors (Lipinski definition) is 1. The largest absolute Gasteiger partial charge is 0.366 e. The monoisotopic (exact) mass is 256 g/mol. The Balaban J connectivity index is 2.14. The number of nitriles is 1. The van der Waals surface area contributed by atoms with E-state index in [9.17, 15) is 5.26 Å². The maximum Gasteiger partial charge on any atom is 0.149 e. The summed E-state index contributed by atoms with van der Waals surface area (Å²) >= 11 is 1.70. The topological polar surface area (TPSA) is 35.8 Å². The van der Waals surface area contributed by atoms with Crippen LogP contribution in [-0.4, -0.2) is 0 Å². The van der Waals surface area contributed by atoms with Crippen molar-refractivity contribution >= 4 is 17.0 Å². The van der Waals surface area contributed by atoms with Crippen LogP contribution in [0.4, 0.5) is 5.69 Å². The van der Waals surface area contributed by atoms with Crippen LogP contribution in [0.5, 0.6) is 0 Å². The number of nitrogens with zero attached hydrogens (tertiary/aromatic N) is 1. The van der Waals surface area contributed by atoms with Gasteiger partial charge in [0.25, 0.3) is 0 Å². The second kappa shape index (κ2) is 5.70. The van der Waals surface area contributed by atoms with Crippen LogP contribution in [-0.2, 0) is 6.42 Å². The first-order valence-corrected chi connectivity index (χ1v) is 6.86. The minimum Gasteiger partial charge on any atom is -0.366 e. The third kappa shape index (κ3) is 2.91. The SMILES string of the molecule is CCc1ccc(C(C#N)Nc2ccc(C)cc2)s1.